The summed E-state index contributed by atoms with van der Waals surface area (Å²) in [6.45, 7) is 7.90. The van der Waals surface area contributed by atoms with E-state index in [2.05, 4.69) is 37.5 Å². The Balaban J connectivity index is 2.01. The number of hydrogen-bond acceptors (Lipinski definition) is 2. The van der Waals surface area contributed by atoms with Crippen molar-refractivity contribution >= 4 is 11.3 Å². The van der Waals surface area contributed by atoms with Crippen molar-refractivity contribution in [2.75, 3.05) is 6.54 Å². The first-order valence-corrected chi connectivity index (χ1v) is 6.39. The van der Waals surface area contributed by atoms with Gasteiger partial charge in [0.25, 0.3) is 0 Å². The summed E-state index contributed by atoms with van der Waals surface area (Å²) in [4.78, 5) is 1.62. The fraction of sp³-hybridized carbons (Fsp3) is 0.667. The maximum Gasteiger partial charge on any atom is 0.0109 e. The van der Waals surface area contributed by atoms with Crippen molar-refractivity contribution in [1.29, 1.82) is 0 Å². The highest BCUT2D eigenvalue weighted by Crippen LogP contribution is 2.45. The molecular formula is C12H19NS. The maximum absolute atomic E-state index is 3.55. The van der Waals surface area contributed by atoms with Crippen LogP contribution in [0.3, 0.4) is 0 Å². The highest BCUT2D eigenvalue weighted by Gasteiger charge is 2.38. The summed E-state index contributed by atoms with van der Waals surface area (Å²) in [7, 11) is 0. The Morgan fingerprint density at radius 3 is 2.86 bits per heavy atom. The van der Waals surface area contributed by atoms with Crippen molar-refractivity contribution in [2.24, 2.45) is 5.92 Å². The number of hydrogen-bond donors (Lipinski definition) is 1. The SMILES string of the molecule is CCNC1CC(c2sccc2C)C1C. The molecule has 1 aliphatic rings. The zero-order chi connectivity index (χ0) is 10.1. The Morgan fingerprint density at radius 2 is 2.36 bits per heavy atom. The second-order valence-electron chi connectivity index (χ2n) is 4.33. The molecule has 0 aromatic carbocycles. The molecule has 14 heavy (non-hydrogen) atoms. The molecule has 0 saturated heterocycles. The quantitative estimate of drug-likeness (QED) is 0.806. The molecule has 3 unspecified atom stereocenters. The lowest BCUT2D eigenvalue weighted by Gasteiger charge is -2.43. The molecule has 3 atom stereocenters. The van der Waals surface area contributed by atoms with E-state index in [9.17, 15) is 0 Å². The van der Waals surface area contributed by atoms with Crippen molar-refractivity contribution in [1.82, 2.24) is 5.32 Å². The van der Waals surface area contributed by atoms with Crippen LogP contribution in [0.25, 0.3) is 0 Å². The summed E-state index contributed by atoms with van der Waals surface area (Å²) in [6, 6.07) is 3.00. The van der Waals surface area contributed by atoms with Gasteiger partial charge in [0.05, 0.1) is 0 Å². The maximum atomic E-state index is 3.55. The van der Waals surface area contributed by atoms with Crippen LogP contribution in [0.5, 0.6) is 0 Å². The van der Waals surface area contributed by atoms with Crippen LogP contribution in [-0.4, -0.2) is 12.6 Å². The monoisotopic (exact) mass is 209 g/mol. The lowest BCUT2D eigenvalue weighted by Crippen LogP contribution is -2.47. The normalized spacial score (nSPS) is 31.5. The second kappa shape index (κ2) is 4.03. The van der Waals surface area contributed by atoms with E-state index in [4.69, 9.17) is 0 Å². The molecule has 1 heterocycles. The van der Waals surface area contributed by atoms with E-state index in [0.717, 1.165) is 24.4 Å². The van der Waals surface area contributed by atoms with Gasteiger partial charge in [-0.2, -0.15) is 0 Å². The molecule has 1 nitrogen and oxygen atoms in total. The predicted molar refractivity (Wildman–Crippen MR) is 63.0 cm³/mol. The van der Waals surface area contributed by atoms with Crippen molar-refractivity contribution in [3.05, 3.63) is 21.9 Å². The summed E-state index contributed by atoms with van der Waals surface area (Å²) < 4.78 is 0. The van der Waals surface area contributed by atoms with Gasteiger partial charge in [0.1, 0.15) is 0 Å². The first-order chi connectivity index (χ1) is 6.74. The van der Waals surface area contributed by atoms with Crippen LogP contribution in [0.2, 0.25) is 0 Å². The van der Waals surface area contributed by atoms with Crippen molar-refractivity contribution in [3.8, 4) is 0 Å². The van der Waals surface area contributed by atoms with Crippen molar-refractivity contribution in [3.63, 3.8) is 0 Å². The molecular weight excluding hydrogens is 190 g/mol. The molecule has 2 rings (SSSR count). The largest absolute Gasteiger partial charge is 0.314 e. The zero-order valence-corrected chi connectivity index (χ0v) is 10.0. The number of rotatable bonds is 3. The van der Waals surface area contributed by atoms with Gasteiger partial charge in [-0.15, -0.1) is 11.3 Å². The van der Waals surface area contributed by atoms with E-state index in [0.29, 0.717) is 0 Å². The van der Waals surface area contributed by atoms with Crippen LogP contribution in [0.15, 0.2) is 11.4 Å². The molecule has 78 valence electrons. The van der Waals surface area contributed by atoms with Crippen LogP contribution in [0.4, 0.5) is 0 Å². The van der Waals surface area contributed by atoms with E-state index in [1.807, 2.05) is 11.3 Å². The van der Waals surface area contributed by atoms with Gasteiger partial charge in [-0.3, -0.25) is 0 Å². The first kappa shape index (κ1) is 10.2. The van der Waals surface area contributed by atoms with Crippen LogP contribution in [-0.2, 0) is 0 Å². The molecule has 0 radical (unpaired) electrons. The third-order valence-electron chi connectivity index (χ3n) is 3.48. The van der Waals surface area contributed by atoms with Crippen LogP contribution in [0.1, 0.15) is 36.6 Å². The fourth-order valence-corrected chi connectivity index (χ4v) is 3.59. The van der Waals surface area contributed by atoms with E-state index in [-0.39, 0.29) is 0 Å². The minimum Gasteiger partial charge on any atom is -0.314 e. The Hall–Kier alpha value is -0.340. The predicted octanol–water partition coefficient (Wildman–Crippen LogP) is 3.16. The van der Waals surface area contributed by atoms with Gasteiger partial charge >= 0.3 is 0 Å². The van der Waals surface area contributed by atoms with Gasteiger partial charge in [-0.1, -0.05) is 13.8 Å². The number of aryl methyl sites for hydroxylation is 1. The van der Waals surface area contributed by atoms with Gasteiger partial charge in [0.2, 0.25) is 0 Å². The average Bonchev–Trinajstić information content (AvgIpc) is 2.58. The van der Waals surface area contributed by atoms with E-state index in [1.54, 1.807) is 4.88 Å². The van der Waals surface area contributed by atoms with Gasteiger partial charge in [-0.05, 0) is 48.7 Å². The Morgan fingerprint density at radius 1 is 1.57 bits per heavy atom. The zero-order valence-electron chi connectivity index (χ0n) is 9.21. The topological polar surface area (TPSA) is 12.0 Å². The lowest BCUT2D eigenvalue weighted by molar-refractivity contribution is 0.189. The minimum absolute atomic E-state index is 0.756. The molecule has 1 fully saturated rings. The second-order valence-corrected chi connectivity index (χ2v) is 5.28. The number of thiophene rings is 1. The smallest absolute Gasteiger partial charge is 0.0109 e. The third-order valence-corrected chi connectivity index (χ3v) is 4.63. The highest BCUT2D eigenvalue weighted by molar-refractivity contribution is 7.10. The third kappa shape index (κ3) is 1.61. The summed E-state index contributed by atoms with van der Waals surface area (Å²) in [5.41, 5.74) is 1.49. The van der Waals surface area contributed by atoms with Gasteiger partial charge in [0.15, 0.2) is 0 Å². The summed E-state index contributed by atoms with van der Waals surface area (Å²) >= 11 is 1.93. The molecule has 1 aliphatic carbocycles. The molecule has 2 heteroatoms. The standard InChI is InChI=1S/C12H19NS/c1-4-13-11-7-10(9(11)3)12-8(2)5-6-14-12/h5-6,9-11,13H,4,7H2,1-3H3. The van der Waals surface area contributed by atoms with Crippen LogP contribution in [0, 0.1) is 12.8 Å². The molecule has 1 N–H and O–H groups in total. The van der Waals surface area contributed by atoms with E-state index >= 15 is 0 Å². The minimum atomic E-state index is 0.756. The Labute approximate surface area is 90.5 Å². The van der Waals surface area contributed by atoms with Crippen molar-refractivity contribution < 1.29 is 0 Å². The first-order valence-electron chi connectivity index (χ1n) is 5.51. The summed E-state index contributed by atoms with van der Waals surface area (Å²) in [6.07, 6.45) is 1.33. The van der Waals surface area contributed by atoms with Gasteiger partial charge < -0.3 is 5.32 Å². The number of nitrogens with one attached hydrogen (secondary N) is 1. The molecule has 1 aromatic heterocycles. The fourth-order valence-electron chi connectivity index (χ4n) is 2.43. The molecule has 0 amide bonds. The highest BCUT2D eigenvalue weighted by atomic mass is 32.1. The summed E-state index contributed by atoms with van der Waals surface area (Å²) in [5.74, 6) is 1.63. The van der Waals surface area contributed by atoms with Crippen molar-refractivity contribution in [2.45, 2.75) is 39.2 Å². The Kier molecular flexibility index (Phi) is 2.93. The molecule has 1 saturated carbocycles. The summed E-state index contributed by atoms with van der Waals surface area (Å²) in [5, 5.41) is 5.77. The molecule has 1 aromatic rings. The van der Waals surface area contributed by atoms with Crippen LogP contribution >= 0.6 is 11.3 Å². The van der Waals surface area contributed by atoms with E-state index < -0.39 is 0 Å². The Bertz CT molecular complexity index is 305. The van der Waals surface area contributed by atoms with E-state index in [1.165, 1.54) is 12.0 Å². The van der Waals surface area contributed by atoms with Gasteiger partial charge in [-0.25, -0.2) is 0 Å². The molecule has 0 spiro atoms. The lowest BCUT2D eigenvalue weighted by atomic mass is 9.69. The molecule has 0 bridgehead atoms. The van der Waals surface area contributed by atoms with Crippen LogP contribution < -0.4 is 5.32 Å². The average molecular weight is 209 g/mol. The molecule has 0 aliphatic heterocycles. The van der Waals surface area contributed by atoms with Gasteiger partial charge in [0, 0.05) is 10.9 Å².